The Morgan fingerprint density at radius 3 is 2.56 bits per heavy atom. The van der Waals surface area contributed by atoms with Gasteiger partial charge in [-0.25, -0.2) is 19.9 Å². The molecule has 224 valence electrons. The first-order chi connectivity index (χ1) is 20.6. The Labute approximate surface area is 252 Å². The number of carbonyl (C=O) groups is 3. The number of hydrogen-bond donors (Lipinski definition) is 2. The summed E-state index contributed by atoms with van der Waals surface area (Å²) in [7, 11) is 3.33. The van der Waals surface area contributed by atoms with E-state index in [0.717, 1.165) is 41.4 Å². The highest BCUT2D eigenvalue weighted by Crippen LogP contribution is 2.47. The Morgan fingerprint density at radius 1 is 1.12 bits per heavy atom. The highest BCUT2D eigenvalue weighted by atomic mass is 32.1. The summed E-state index contributed by atoms with van der Waals surface area (Å²) in [6.45, 7) is 5.56. The molecule has 2 aliphatic carbocycles. The average Bonchev–Trinajstić information content (AvgIpc) is 3.88. The minimum absolute atomic E-state index is 0.0435. The maximum Gasteiger partial charge on any atom is 0.242 e. The van der Waals surface area contributed by atoms with Crippen LogP contribution in [0.2, 0.25) is 0 Å². The number of pyridine rings is 1. The van der Waals surface area contributed by atoms with Crippen LogP contribution in [-0.2, 0) is 14.4 Å². The highest BCUT2D eigenvalue weighted by Gasteiger charge is 2.46. The molecular formula is C29H34N10O3S. The molecule has 14 heteroatoms. The number of aromatic nitrogens is 6. The molecule has 0 spiro atoms. The van der Waals surface area contributed by atoms with Crippen molar-refractivity contribution < 1.29 is 14.4 Å². The number of likely N-dealkylation sites (N-methyl/N-ethyl adjacent to an activating group) is 1. The van der Waals surface area contributed by atoms with Gasteiger partial charge >= 0.3 is 0 Å². The van der Waals surface area contributed by atoms with Crippen molar-refractivity contribution in [2.75, 3.05) is 36.2 Å². The third-order valence-electron chi connectivity index (χ3n) is 7.76. The monoisotopic (exact) mass is 602 g/mol. The van der Waals surface area contributed by atoms with E-state index in [-0.39, 0.29) is 36.2 Å². The summed E-state index contributed by atoms with van der Waals surface area (Å²) in [5, 5.41) is 7.19. The van der Waals surface area contributed by atoms with E-state index < -0.39 is 0 Å². The van der Waals surface area contributed by atoms with Crippen molar-refractivity contribution in [3.63, 3.8) is 0 Å². The van der Waals surface area contributed by atoms with Crippen LogP contribution in [0.25, 0.3) is 5.65 Å². The third-order valence-corrected chi connectivity index (χ3v) is 8.39. The number of carbonyl (C=O) groups excluding carboxylic acids is 3. The highest BCUT2D eigenvalue weighted by molar-refractivity contribution is 7.05. The number of nitrogens with one attached hydrogen (secondary N) is 2. The molecule has 2 saturated carbocycles. The molecule has 2 N–H and O–H groups in total. The molecule has 0 saturated heterocycles. The first kappa shape index (κ1) is 28.6. The van der Waals surface area contributed by atoms with Gasteiger partial charge in [0.05, 0.1) is 17.4 Å². The van der Waals surface area contributed by atoms with Crippen molar-refractivity contribution >= 4 is 52.7 Å². The van der Waals surface area contributed by atoms with Gasteiger partial charge in [-0.3, -0.25) is 14.4 Å². The maximum atomic E-state index is 12.9. The van der Waals surface area contributed by atoms with Crippen molar-refractivity contribution in [1.29, 1.82) is 0 Å². The molecule has 3 atom stereocenters. The Bertz CT molecular complexity index is 1710. The van der Waals surface area contributed by atoms with Crippen LogP contribution >= 0.6 is 11.5 Å². The summed E-state index contributed by atoms with van der Waals surface area (Å²) in [5.41, 5.74) is 3.02. The van der Waals surface area contributed by atoms with Crippen molar-refractivity contribution in [3.8, 4) is 0 Å². The minimum Gasteiger partial charge on any atom is -0.362 e. The lowest BCUT2D eigenvalue weighted by Crippen LogP contribution is -2.36. The Morgan fingerprint density at radius 2 is 1.88 bits per heavy atom. The molecule has 0 aliphatic heterocycles. The second kappa shape index (κ2) is 11.3. The van der Waals surface area contributed by atoms with Gasteiger partial charge in [-0.1, -0.05) is 0 Å². The number of nitrogens with zero attached hydrogens (tertiary/aromatic N) is 8. The summed E-state index contributed by atoms with van der Waals surface area (Å²) in [6.07, 6.45) is 7.57. The number of fused-ring (bicyclic) bond motifs is 1. The predicted molar refractivity (Wildman–Crippen MR) is 162 cm³/mol. The maximum absolute atomic E-state index is 12.9. The lowest BCUT2D eigenvalue weighted by Gasteiger charge is -2.20. The van der Waals surface area contributed by atoms with E-state index >= 15 is 0 Å². The Balaban J connectivity index is 1.20. The van der Waals surface area contributed by atoms with Crippen LogP contribution in [-0.4, -0.2) is 72.5 Å². The molecule has 1 unspecified atom stereocenters. The van der Waals surface area contributed by atoms with E-state index in [0.29, 0.717) is 41.1 Å². The SMILES string of the molecule is Cc1nc(NC(=O)C2C[C@@H]2c2nsc(C)n2)cc(N[C@H](C)c2cn3cc(C4CC4)cc(N(C=O)CC(=O)N(C)C)c3n2)n1. The zero-order valence-electron chi connectivity index (χ0n) is 24.7. The van der Waals surface area contributed by atoms with Gasteiger partial charge in [-0.15, -0.1) is 0 Å². The van der Waals surface area contributed by atoms with Crippen LogP contribution < -0.4 is 15.5 Å². The van der Waals surface area contributed by atoms with Gasteiger partial charge in [0.1, 0.15) is 34.8 Å². The van der Waals surface area contributed by atoms with E-state index in [2.05, 4.69) is 30.0 Å². The summed E-state index contributed by atoms with van der Waals surface area (Å²) >= 11 is 1.35. The van der Waals surface area contributed by atoms with E-state index in [1.807, 2.05) is 36.7 Å². The number of hydrogen-bond acceptors (Lipinski definition) is 10. The fraction of sp³-hybridized carbons (Fsp3) is 0.448. The van der Waals surface area contributed by atoms with E-state index in [1.54, 1.807) is 27.1 Å². The molecule has 4 heterocycles. The molecule has 3 amide bonds. The number of aryl methyl sites for hydroxylation is 2. The molecule has 13 nitrogen and oxygen atoms in total. The summed E-state index contributed by atoms with van der Waals surface area (Å²) in [6, 6.07) is 3.41. The second-order valence-electron chi connectivity index (χ2n) is 11.5. The first-order valence-corrected chi connectivity index (χ1v) is 15.0. The first-order valence-electron chi connectivity index (χ1n) is 14.3. The Kier molecular flexibility index (Phi) is 7.54. The number of rotatable bonds is 11. The largest absolute Gasteiger partial charge is 0.362 e. The van der Waals surface area contributed by atoms with E-state index in [1.165, 1.54) is 21.3 Å². The molecule has 43 heavy (non-hydrogen) atoms. The van der Waals surface area contributed by atoms with Crippen LogP contribution in [0.1, 0.15) is 72.0 Å². The molecule has 6 rings (SSSR count). The molecule has 0 radical (unpaired) electrons. The number of imidazole rings is 1. The smallest absolute Gasteiger partial charge is 0.242 e. The number of anilines is 3. The summed E-state index contributed by atoms with van der Waals surface area (Å²) in [5.74, 6) is 2.22. The summed E-state index contributed by atoms with van der Waals surface area (Å²) < 4.78 is 6.27. The molecule has 4 aromatic heterocycles. The van der Waals surface area contributed by atoms with Gasteiger partial charge in [0.2, 0.25) is 18.2 Å². The minimum atomic E-state index is -0.269. The Hall–Kier alpha value is -4.46. The second-order valence-corrected chi connectivity index (χ2v) is 12.5. The van der Waals surface area contributed by atoms with Crippen LogP contribution in [0.15, 0.2) is 24.5 Å². The molecule has 0 bridgehead atoms. The quantitative estimate of drug-likeness (QED) is 0.246. The van der Waals surface area contributed by atoms with Gasteiger partial charge in [0.15, 0.2) is 5.65 Å². The van der Waals surface area contributed by atoms with Gasteiger partial charge < -0.3 is 24.8 Å². The summed E-state index contributed by atoms with van der Waals surface area (Å²) in [4.78, 5) is 58.6. The molecule has 0 aromatic carbocycles. The number of amides is 3. The van der Waals surface area contributed by atoms with Crippen molar-refractivity contribution in [2.45, 2.75) is 57.9 Å². The van der Waals surface area contributed by atoms with Gasteiger partial charge in [-0.2, -0.15) is 4.37 Å². The fourth-order valence-electron chi connectivity index (χ4n) is 5.10. The molecular weight excluding hydrogens is 568 g/mol. The van der Waals surface area contributed by atoms with Crippen LogP contribution in [0.4, 0.5) is 17.3 Å². The average molecular weight is 603 g/mol. The topological polar surface area (TPSA) is 151 Å². The zero-order chi connectivity index (χ0) is 30.4. The van der Waals surface area contributed by atoms with Crippen LogP contribution in [0, 0.1) is 19.8 Å². The lowest BCUT2D eigenvalue weighted by molar-refractivity contribution is -0.128. The van der Waals surface area contributed by atoms with Crippen molar-refractivity contribution in [1.82, 2.24) is 33.6 Å². The lowest BCUT2D eigenvalue weighted by atomic mass is 10.1. The third kappa shape index (κ3) is 6.19. The van der Waals surface area contributed by atoms with E-state index in [9.17, 15) is 14.4 Å². The molecule has 4 aromatic rings. The van der Waals surface area contributed by atoms with Crippen LogP contribution in [0.5, 0.6) is 0 Å². The van der Waals surface area contributed by atoms with Gasteiger partial charge in [0, 0.05) is 44.4 Å². The van der Waals surface area contributed by atoms with Gasteiger partial charge in [0.25, 0.3) is 0 Å². The van der Waals surface area contributed by atoms with Crippen molar-refractivity contribution in [2.24, 2.45) is 5.92 Å². The fourth-order valence-corrected chi connectivity index (χ4v) is 5.64. The standard InChI is InChI=1S/C29H34N10O3S/c1-15(30-24-10-25(32-16(2)31-24)35-29(42)21-9-20(21)27-33-17(3)43-36-27)22-12-38-11-19(18-6-7-18)8-23(28(38)34-22)39(14-40)13-26(41)37(4)5/h8,10-12,14-15,18,20-21H,6-7,9,13H2,1-5H3,(H2,30,31,32,35,42)/t15-,20+,21?/m1/s1. The van der Waals surface area contributed by atoms with Gasteiger partial charge in [-0.05, 0) is 69.1 Å². The van der Waals surface area contributed by atoms with Crippen molar-refractivity contribution in [3.05, 3.63) is 52.4 Å². The van der Waals surface area contributed by atoms with E-state index in [4.69, 9.17) is 4.98 Å². The van der Waals surface area contributed by atoms with Crippen LogP contribution in [0.3, 0.4) is 0 Å². The molecule has 2 fully saturated rings. The predicted octanol–water partition coefficient (Wildman–Crippen LogP) is 3.44. The zero-order valence-corrected chi connectivity index (χ0v) is 25.6. The normalized spacial score (nSPS) is 18.3. The molecule has 2 aliphatic rings.